The molecule has 0 bridgehead atoms. The summed E-state index contributed by atoms with van der Waals surface area (Å²) < 4.78 is 1.67. The van der Waals surface area contributed by atoms with Gasteiger partial charge in [-0.1, -0.05) is 24.3 Å². The maximum atomic E-state index is 12.7. The highest BCUT2D eigenvalue weighted by atomic mass is 16.2. The molecule has 7 heteroatoms. The standard InChI is InChI=1S/C16H17N5O2/c17-15(22)11-5-1-3-7-13(11)20-16(23)12-6-2-4-8-14(12)21-9-18-19-10-21/h1-4,6,8-11,13H,5,7H2,(H2,17,22)(H,20,23)/t11-,13-/m0/s1. The Hall–Kier alpha value is -2.96. The molecule has 7 nitrogen and oxygen atoms in total. The first kappa shape index (κ1) is 15.0. The summed E-state index contributed by atoms with van der Waals surface area (Å²) in [4.78, 5) is 24.2. The number of nitrogens with one attached hydrogen (secondary N) is 1. The molecule has 1 heterocycles. The second-order valence-electron chi connectivity index (χ2n) is 5.42. The van der Waals surface area contributed by atoms with Gasteiger partial charge in [-0.15, -0.1) is 10.2 Å². The zero-order valence-corrected chi connectivity index (χ0v) is 12.4. The van der Waals surface area contributed by atoms with Crippen molar-refractivity contribution in [3.63, 3.8) is 0 Å². The molecule has 0 unspecified atom stereocenters. The fourth-order valence-corrected chi connectivity index (χ4v) is 2.75. The molecule has 2 amide bonds. The van der Waals surface area contributed by atoms with E-state index in [2.05, 4.69) is 15.5 Å². The number of primary amides is 1. The van der Waals surface area contributed by atoms with Gasteiger partial charge in [0.2, 0.25) is 5.91 Å². The first-order valence-corrected chi connectivity index (χ1v) is 7.36. The molecule has 3 rings (SSSR count). The molecular weight excluding hydrogens is 294 g/mol. The van der Waals surface area contributed by atoms with E-state index in [0.717, 1.165) is 0 Å². The summed E-state index contributed by atoms with van der Waals surface area (Å²) in [6.07, 6.45) is 8.07. The molecule has 1 aliphatic carbocycles. The Morgan fingerprint density at radius 1 is 1.13 bits per heavy atom. The average Bonchev–Trinajstić information content (AvgIpc) is 3.09. The summed E-state index contributed by atoms with van der Waals surface area (Å²) in [5, 5.41) is 10.4. The van der Waals surface area contributed by atoms with E-state index in [4.69, 9.17) is 5.73 Å². The molecule has 23 heavy (non-hydrogen) atoms. The molecule has 1 aromatic heterocycles. The van der Waals surface area contributed by atoms with Gasteiger partial charge in [0.25, 0.3) is 5.91 Å². The van der Waals surface area contributed by atoms with Crippen LogP contribution in [0.2, 0.25) is 0 Å². The molecule has 1 aliphatic rings. The summed E-state index contributed by atoms with van der Waals surface area (Å²) in [6, 6.07) is 6.86. The molecule has 0 spiro atoms. The molecule has 0 aliphatic heterocycles. The van der Waals surface area contributed by atoms with E-state index in [-0.39, 0.29) is 17.9 Å². The molecule has 0 radical (unpaired) electrons. The van der Waals surface area contributed by atoms with E-state index in [9.17, 15) is 9.59 Å². The lowest BCUT2D eigenvalue weighted by Crippen LogP contribution is -2.46. The average molecular weight is 311 g/mol. The molecule has 0 saturated heterocycles. The number of hydrogen-bond donors (Lipinski definition) is 2. The van der Waals surface area contributed by atoms with Crippen LogP contribution in [0.4, 0.5) is 0 Å². The first-order chi connectivity index (χ1) is 11.2. The molecule has 0 fully saturated rings. The van der Waals surface area contributed by atoms with Crippen LogP contribution < -0.4 is 11.1 Å². The molecule has 0 saturated carbocycles. The lowest BCUT2D eigenvalue weighted by Gasteiger charge is -2.27. The van der Waals surface area contributed by atoms with Gasteiger partial charge in [-0.3, -0.25) is 14.2 Å². The third-order valence-corrected chi connectivity index (χ3v) is 3.96. The van der Waals surface area contributed by atoms with Gasteiger partial charge in [0.05, 0.1) is 17.2 Å². The zero-order valence-electron chi connectivity index (χ0n) is 12.4. The summed E-state index contributed by atoms with van der Waals surface area (Å²) >= 11 is 0. The number of benzene rings is 1. The van der Waals surface area contributed by atoms with Crippen LogP contribution in [0.15, 0.2) is 49.1 Å². The van der Waals surface area contributed by atoms with Crippen molar-refractivity contribution in [1.29, 1.82) is 0 Å². The second kappa shape index (κ2) is 6.43. The predicted octanol–water partition coefficient (Wildman–Crippen LogP) is 0.817. The number of rotatable bonds is 4. The van der Waals surface area contributed by atoms with Crippen LogP contribution in [0, 0.1) is 5.92 Å². The number of carbonyl (C=O) groups is 2. The van der Waals surface area contributed by atoms with Gasteiger partial charge in [-0.2, -0.15) is 0 Å². The monoisotopic (exact) mass is 311 g/mol. The fraction of sp³-hybridized carbons (Fsp3) is 0.250. The van der Waals surface area contributed by atoms with Crippen molar-refractivity contribution >= 4 is 11.8 Å². The Balaban J connectivity index is 1.84. The number of nitrogens with two attached hydrogens (primary N) is 1. The highest BCUT2D eigenvalue weighted by Gasteiger charge is 2.29. The van der Waals surface area contributed by atoms with Crippen molar-refractivity contribution in [2.45, 2.75) is 18.9 Å². The molecule has 118 valence electrons. The summed E-state index contributed by atoms with van der Waals surface area (Å²) in [5.41, 5.74) is 6.60. The minimum absolute atomic E-state index is 0.249. The predicted molar refractivity (Wildman–Crippen MR) is 83.7 cm³/mol. The SMILES string of the molecule is NC(=O)[C@H]1CC=CC[C@@H]1NC(=O)c1ccccc1-n1cnnc1. The highest BCUT2D eigenvalue weighted by molar-refractivity contribution is 5.98. The quantitative estimate of drug-likeness (QED) is 0.816. The summed E-state index contributed by atoms with van der Waals surface area (Å²) in [5.74, 6) is -1.03. The van der Waals surface area contributed by atoms with E-state index >= 15 is 0 Å². The number of para-hydroxylation sites is 1. The Kier molecular flexibility index (Phi) is 4.18. The van der Waals surface area contributed by atoms with Gasteiger partial charge in [-0.25, -0.2) is 0 Å². The first-order valence-electron chi connectivity index (χ1n) is 7.36. The lowest BCUT2D eigenvalue weighted by atomic mass is 9.88. The largest absolute Gasteiger partial charge is 0.369 e. The highest BCUT2D eigenvalue weighted by Crippen LogP contribution is 2.20. The van der Waals surface area contributed by atoms with Crippen LogP contribution in [0.5, 0.6) is 0 Å². The van der Waals surface area contributed by atoms with Crippen molar-refractivity contribution in [3.05, 3.63) is 54.6 Å². The van der Waals surface area contributed by atoms with Gasteiger partial charge in [0, 0.05) is 6.04 Å². The number of hydrogen-bond acceptors (Lipinski definition) is 4. The van der Waals surface area contributed by atoms with Crippen LogP contribution >= 0.6 is 0 Å². The van der Waals surface area contributed by atoms with Crippen molar-refractivity contribution < 1.29 is 9.59 Å². The zero-order chi connectivity index (χ0) is 16.2. The molecule has 1 aromatic carbocycles. The van der Waals surface area contributed by atoms with Crippen LogP contribution in [0.3, 0.4) is 0 Å². The maximum Gasteiger partial charge on any atom is 0.253 e. The minimum Gasteiger partial charge on any atom is -0.369 e. The van der Waals surface area contributed by atoms with Crippen LogP contribution in [-0.2, 0) is 4.79 Å². The van der Waals surface area contributed by atoms with E-state index < -0.39 is 5.91 Å². The Morgan fingerprint density at radius 2 is 1.83 bits per heavy atom. The van der Waals surface area contributed by atoms with E-state index in [1.807, 2.05) is 24.3 Å². The van der Waals surface area contributed by atoms with Gasteiger partial charge in [0.1, 0.15) is 12.7 Å². The number of nitrogens with zero attached hydrogens (tertiary/aromatic N) is 3. The Morgan fingerprint density at radius 3 is 2.57 bits per heavy atom. The maximum absolute atomic E-state index is 12.7. The van der Waals surface area contributed by atoms with Crippen molar-refractivity contribution in [3.8, 4) is 5.69 Å². The van der Waals surface area contributed by atoms with Crippen LogP contribution in [0.25, 0.3) is 5.69 Å². The minimum atomic E-state index is -0.397. The smallest absolute Gasteiger partial charge is 0.253 e. The van der Waals surface area contributed by atoms with Crippen LogP contribution in [0.1, 0.15) is 23.2 Å². The van der Waals surface area contributed by atoms with Crippen molar-refractivity contribution in [2.24, 2.45) is 11.7 Å². The third kappa shape index (κ3) is 3.13. The van der Waals surface area contributed by atoms with Crippen LogP contribution in [-0.4, -0.2) is 32.6 Å². The van der Waals surface area contributed by atoms with E-state index in [0.29, 0.717) is 24.1 Å². The number of carbonyl (C=O) groups excluding carboxylic acids is 2. The molecular formula is C16H17N5O2. The summed E-state index contributed by atoms with van der Waals surface area (Å²) in [6.45, 7) is 0. The van der Waals surface area contributed by atoms with E-state index in [1.165, 1.54) is 12.7 Å². The Labute approximate surface area is 133 Å². The van der Waals surface area contributed by atoms with Crippen molar-refractivity contribution in [1.82, 2.24) is 20.1 Å². The second-order valence-corrected chi connectivity index (χ2v) is 5.42. The van der Waals surface area contributed by atoms with Gasteiger partial charge in [0.15, 0.2) is 0 Å². The Bertz CT molecular complexity index is 739. The van der Waals surface area contributed by atoms with Gasteiger partial charge < -0.3 is 11.1 Å². The summed E-state index contributed by atoms with van der Waals surface area (Å²) in [7, 11) is 0. The molecule has 2 atom stereocenters. The number of amides is 2. The molecule has 3 N–H and O–H groups in total. The fourth-order valence-electron chi connectivity index (χ4n) is 2.75. The topological polar surface area (TPSA) is 103 Å². The van der Waals surface area contributed by atoms with Gasteiger partial charge in [-0.05, 0) is 25.0 Å². The number of allylic oxidation sites excluding steroid dienone is 1. The van der Waals surface area contributed by atoms with Gasteiger partial charge >= 0.3 is 0 Å². The van der Waals surface area contributed by atoms with E-state index in [1.54, 1.807) is 16.7 Å². The molecule has 2 aromatic rings. The normalized spacial score (nSPS) is 20.2. The number of aromatic nitrogens is 3. The lowest BCUT2D eigenvalue weighted by molar-refractivity contribution is -0.122. The third-order valence-electron chi connectivity index (χ3n) is 3.96. The van der Waals surface area contributed by atoms with Crippen molar-refractivity contribution in [2.75, 3.05) is 0 Å².